The van der Waals surface area contributed by atoms with Gasteiger partial charge in [0.25, 0.3) is 0 Å². The van der Waals surface area contributed by atoms with Gasteiger partial charge in [-0.15, -0.1) is 11.3 Å². The minimum Gasteiger partial charge on any atom is -0.354 e. The minimum absolute atomic E-state index is 0.227. The zero-order valence-electron chi connectivity index (χ0n) is 17.2. The molecule has 3 rings (SSSR count). The van der Waals surface area contributed by atoms with Crippen LogP contribution in [0.3, 0.4) is 0 Å². The van der Waals surface area contributed by atoms with E-state index in [1.807, 2.05) is 24.4 Å². The molecule has 0 spiro atoms. The molecule has 2 heterocycles. The van der Waals surface area contributed by atoms with Crippen LogP contribution in [0.2, 0.25) is 0 Å². The molecule has 1 aromatic carbocycles. The van der Waals surface area contributed by atoms with Crippen LogP contribution in [-0.2, 0) is 27.7 Å². The van der Waals surface area contributed by atoms with Crippen LogP contribution >= 0.6 is 11.3 Å². The van der Waals surface area contributed by atoms with Gasteiger partial charge in [-0.05, 0) is 49.8 Å². The smallest absolute Gasteiger partial charge is 0.243 e. The van der Waals surface area contributed by atoms with Crippen molar-refractivity contribution in [1.29, 1.82) is 0 Å². The fraction of sp³-hybridized carbons (Fsp3) is 0.524. The number of hydrogen-bond acceptors (Lipinski definition) is 5. The highest BCUT2D eigenvalue weighted by Crippen LogP contribution is 2.26. The number of thiazole rings is 1. The Kier molecular flexibility index (Phi) is 7.08. The number of nitrogens with one attached hydrogen (secondary N) is 1. The molecule has 6 nitrogen and oxygen atoms in total. The number of nitrogens with zero attached hydrogens (tertiary/aromatic N) is 2. The predicted octanol–water partition coefficient (Wildman–Crippen LogP) is 3.16. The first-order chi connectivity index (χ1) is 13.8. The van der Waals surface area contributed by atoms with Crippen molar-refractivity contribution < 1.29 is 13.2 Å². The van der Waals surface area contributed by atoms with Gasteiger partial charge in [-0.3, -0.25) is 4.79 Å². The quantitative estimate of drug-likeness (QED) is 0.691. The van der Waals surface area contributed by atoms with Gasteiger partial charge in [0, 0.05) is 24.9 Å². The molecule has 0 saturated carbocycles. The van der Waals surface area contributed by atoms with Gasteiger partial charge < -0.3 is 5.32 Å². The van der Waals surface area contributed by atoms with E-state index in [0.29, 0.717) is 38.3 Å². The van der Waals surface area contributed by atoms with Crippen LogP contribution in [0.25, 0.3) is 0 Å². The Balaban J connectivity index is 1.64. The Morgan fingerprint density at radius 1 is 1.31 bits per heavy atom. The second kappa shape index (κ2) is 9.36. The predicted molar refractivity (Wildman–Crippen MR) is 115 cm³/mol. The van der Waals surface area contributed by atoms with E-state index in [1.54, 1.807) is 23.5 Å². The van der Waals surface area contributed by atoms with Gasteiger partial charge in [-0.25, -0.2) is 13.4 Å². The van der Waals surface area contributed by atoms with Gasteiger partial charge in [0.05, 0.1) is 15.6 Å². The van der Waals surface area contributed by atoms with Crippen molar-refractivity contribution in [1.82, 2.24) is 14.6 Å². The van der Waals surface area contributed by atoms with E-state index in [4.69, 9.17) is 0 Å². The zero-order valence-corrected chi connectivity index (χ0v) is 18.9. The van der Waals surface area contributed by atoms with Gasteiger partial charge >= 0.3 is 0 Å². The van der Waals surface area contributed by atoms with Crippen molar-refractivity contribution in [3.63, 3.8) is 0 Å². The summed E-state index contributed by atoms with van der Waals surface area (Å²) in [6.45, 7) is 7.04. The molecule has 1 atom stereocenters. The lowest BCUT2D eigenvalue weighted by Gasteiger charge is -2.23. The summed E-state index contributed by atoms with van der Waals surface area (Å²) in [6, 6.07) is 6.41. The van der Waals surface area contributed by atoms with Crippen LogP contribution in [-0.4, -0.2) is 42.7 Å². The number of aryl methyl sites for hydroxylation is 1. The summed E-state index contributed by atoms with van der Waals surface area (Å²) in [5, 5.41) is 5.87. The molecule has 1 amide bonds. The van der Waals surface area contributed by atoms with Gasteiger partial charge in [0.2, 0.25) is 15.9 Å². The second-order valence-corrected chi connectivity index (χ2v) is 10.9. The fourth-order valence-electron chi connectivity index (χ4n) is 3.65. The lowest BCUT2D eigenvalue weighted by atomic mass is 10.0. The number of carbonyl (C=O) groups excluding carboxylic acids is 1. The lowest BCUT2D eigenvalue weighted by Crippen LogP contribution is -2.46. The summed E-state index contributed by atoms with van der Waals surface area (Å²) >= 11 is 1.58. The largest absolute Gasteiger partial charge is 0.354 e. The molecule has 0 aliphatic carbocycles. The second-order valence-electron chi connectivity index (χ2n) is 7.91. The highest BCUT2D eigenvalue weighted by molar-refractivity contribution is 7.89. The van der Waals surface area contributed by atoms with E-state index in [-0.39, 0.29) is 10.8 Å². The zero-order chi connectivity index (χ0) is 21.0. The first-order valence-corrected chi connectivity index (χ1v) is 12.4. The molecule has 1 fully saturated rings. The van der Waals surface area contributed by atoms with Crippen LogP contribution in [0, 0.1) is 12.8 Å². The number of sulfonamides is 1. The Morgan fingerprint density at radius 3 is 2.66 bits per heavy atom. The number of rotatable bonds is 8. The first-order valence-electron chi connectivity index (χ1n) is 10.1. The number of hydrogen-bond donors (Lipinski definition) is 1. The number of benzene rings is 1. The fourth-order valence-corrected chi connectivity index (χ4v) is 5.95. The van der Waals surface area contributed by atoms with Crippen molar-refractivity contribution in [3.8, 4) is 0 Å². The van der Waals surface area contributed by atoms with E-state index in [1.165, 1.54) is 4.31 Å². The summed E-state index contributed by atoms with van der Waals surface area (Å²) in [7, 11) is -3.69. The van der Waals surface area contributed by atoms with Gasteiger partial charge in [0.15, 0.2) is 0 Å². The van der Waals surface area contributed by atoms with Crippen LogP contribution in [0.1, 0.15) is 43.0 Å². The van der Waals surface area contributed by atoms with Crippen LogP contribution in [0.5, 0.6) is 0 Å². The molecule has 0 bridgehead atoms. The van der Waals surface area contributed by atoms with Crippen LogP contribution < -0.4 is 5.32 Å². The monoisotopic (exact) mass is 435 g/mol. The van der Waals surface area contributed by atoms with Crippen LogP contribution in [0.15, 0.2) is 34.5 Å². The average molecular weight is 436 g/mol. The molecule has 1 aliphatic rings. The average Bonchev–Trinajstić information content (AvgIpc) is 3.31. The Bertz CT molecular complexity index is 936. The highest BCUT2D eigenvalue weighted by atomic mass is 32.2. The number of aromatic nitrogens is 1. The maximum atomic E-state index is 13.1. The minimum atomic E-state index is -3.69. The van der Waals surface area contributed by atoms with Crippen molar-refractivity contribution in [2.45, 2.75) is 57.4 Å². The molecule has 1 saturated heterocycles. The van der Waals surface area contributed by atoms with E-state index in [0.717, 1.165) is 22.7 Å². The molecule has 0 unspecified atom stereocenters. The third-order valence-electron chi connectivity index (χ3n) is 5.03. The molecule has 29 heavy (non-hydrogen) atoms. The van der Waals surface area contributed by atoms with Crippen LogP contribution in [0.4, 0.5) is 0 Å². The highest BCUT2D eigenvalue weighted by Gasteiger charge is 2.39. The van der Waals surface area contributed by atoms with Crippen molar-refractivity contribution >= 4 is 27.3 Å². The SMILES string of the molecule is Cc1nc(CCNC(=O)[C@H]2CCCN2S(=O)(=O)c2ccc(CC(C)C)cc2)cs1. The Labute approximate surface area is 177 Å². The molecule has 1 aliphatic heterocycles. The standard InChI is InChI=1S/C21H29N3O3S2/c1-15(2)13-17-6-8-19(9-7-17)29(26,27)24-12-4-5-20(24)21(25)22-11-10-18-14-28-16(3)23-18/h6-9,14-15,20H,4-5,10-13H2,1-3H3,(H,22,25)/t20-/m1/s1. The topological polar surface area (TPSA) is 79.4 Å². The lowest BCUT2D eigenvalue weighted by molar-refractivity contribution is -0.124. The summed E-state index contributed by atoms with van der Waals surface area (Å²) < 4.78 is 27.6. The number of carbonyl (C=O) groups is 1. The number of amides is 1. The molecule has 1 aromatic heterocycles. The van der Waals surface area contributed by atoms with E-state index in [2.05, 4.69) is 24.1 Å². The summed E-state index contributed by atoms with van der Waals surface area (Å²) in [6.07, 6.45) is 2.79. The Hall–Kier alpha value is -1.77. The van der Waals surface area contributed by atoms with Gasteiger partial charge in [-0.2, -0.15) is 4.31 Å². The van der Waals surface area contributed by atoms with E-state index >= 15 is 0 Å². The third-order valence-corrected chi connectivity index (χ3v) is 7.77. The normalized spacial score (nSPS) is 17.7. The first kappa shape index (κ1) is 21.9. The van der Waals surface area contributed by atoms with Crippen molar-refractivity contribution in [2.75, 3.05) is 13.1 Å². The Morgan fingerprint density at radius 2 is 2.03 bits per heavy atom. The van der Waals surface area contributed by atoms with Gasteiger partial charge in [-0.1, -0.05) is 26.0 Å². The molecular formula is C21H29N3O3S2. The van der Waals surface area contributed by atoms with Crippen molar-refractivity contribution in [3.05, 3.63) is 45.9 Å². The summed E-state index contributed by atoms with van der Waals surface area (Å²) in [4.78, 5) is 17.3. The molecular weight excluding hydrogens is 406 g/mol. The molecule has 158 valence electrons. The molecule has 2 aromatic rings. The van der Waals surface area contributed by atoms with Gasteiger partial charge in [0.1, 0.15) is 6.04 Å². The maximum absolute atomic E-state index is 13.1. The molecule has 1 N–H and O–H groups in total. The van der Waals surface area contributed by atoms with E-state index in [9.17, 15) is 13.2 Å². The van der Waals surface area contributed by atoms with E-state index < -0.39 is 16.1 Å². The third kappa shape index (κ3) is 5.43. The maximum Gasteiger partial charge on any atom is 0.243 e. The van der Waals surface area contributed by atoms with Crippen molar-refractivity contribution in [2.24, 2.45) is 5.92 Å². The molecule has 8 heteroatoms. The summed E-state index contributed by atoms with van der Waals surface area (Å²) in [5.74, 6) is 0.284. The summed E-state index contributed by atoms with van der Waals surface area (Å²) in [5.41, 5.74) is 2.07. The molecule has 0 radical (unpaired) electrons.